The molecule has 7 nitrogen and oxygen atoms in total. The Morgan fingerprint density at radius 1 is 0.971 bits per heavy atom. The number of sulfonamides is 1. The molecular formula is C26H26N2O5S. The molecule has 0 saturated carbocycles. The maximum absolute atomic E-state index is 13.4. The van der Waals surface area contributed by atoms with Crippen LogP contribution in [0.4, 0.5) is 5.69 Å². The van der Waals surface area contributed by atoms with E-state index in [0.717, 1.165) is 11.1 Å². The summed E-state index contributed by atoms with van der Waals surface area (Å²) in [6.07, 6.45) is 0.674. The van der Waals surface area contributed by atoms with Gasteiger partial charge in [-0.3, -0.25) is 9.10 Å². The van der Waals surface area contributed by atoms with E-state index in [1.54, 1.807) is 23.1 Å². The molecule has 2 aliphatic heterocycles. The van der Waals surface area contributed by atoms with E-state index in [-0.39, 0.29) is 10.8 Å². The SMILES string of the molecule is CCN(Cc1ccc2c(c1)OCCO2)C(=O)c1cccc(S(=O)(=O)N2CCc3ccccc32)c1. The quantitative estimate of drug-likeness (QED) is 0.538. The van der Waals surface area contributed by atoms with Gasteiger partial charge in [-0.05, 0) is 60.9 Å². The highest BCUT2D eigenvalue weighted by molar-refractivity contribution is 7.92. The highest BCUT2D eigenvalue weighted by Gasteiger charge is 2.31. The smallest absolute Gasteiger partial charge is 0.264 e. The number of ether oxygens (including phenoxy) is 2. The Morgan fingerprint density at radius 2 is 1.76 bits per heavy atom. The fourth-order valence-electron chi connectivity index (χ4n) is 4.39. The van der Waals surface area contributed by atoms with E-state index >= 15 is 0 Å². The van der Waals surface area contributed by atoms with Crippen LogP contribution in [0.1, 0.15) is 28.4 Å². The van der Waals surface area contributed by atoms with Crippen LogP contribution in [0, 0.1) is 0 Å². The highest BCUT2D eigenvalue weighted by Crippen LogP contribution is 2.33. The maximum Gasteiger partial charge on any atom is 0.264 e. The van der Waals surface area contributed by atoms with Gasteiger partial charge in [0.15, 0.2) is 11.5 Å². The number of amides is 1. The van der Waals surface area contributed by atoms with Gasteiger partial charge in [-0.15, -0.1) is 0 Å². The lowest BCUT2D eigenvalue weighted by atomic mass is 10.1. The van der Waals surface area contributed by atoms with E-state index in [1.165, 1.54) is 10.4 Å². The predicted octanol–water partition coefficient (Wildman–Crippen LogP) is 3.87. The number of anilines is 1. The molecule has 0 atom stereocenters. The zero-order chi connectivity index (χ0) is 23.7. The number of benzene rings is 3. The summed E-state index contributed by atoms with van der Waals surface area (Å²) >= 11 is 0. The fraction of sp³-hybridized carbons (Fsp3) is 0.269. The van der Waals surface area contributed by atoms with Crippen LogP contribution in [0.25, 0.3) is 0 Å². The van der Waals surface area contributed by atoms with Crippen LogP contribution in [0.2, 0.25) is 0 Å². The molecule has 34 heavy (non-hydrogen) atoms. The maximum atomic E-state index is 13.4. The zero-order valence-electron chi connectivity index (χ0n) is 18.9. The number of para-hydroxylation sites is 1. The van der Waals surface area contributed by atoms with Crippen LogP contribution in [0.3, 0.4) is 0 Å². The fourth-order valence-corrected chi connectivity index (χ4v) is 5.94. The van der Waals surface area contributed by atoms with Crippen LogP contribution >= 0.6 is 0 Å². The summed E-state index contributed by atoms with van der Waals surface area (Å²) in [5.41, 5.74) is 2.97. The first kappa shape index (κ1) is 22.3. The molecule has 0 radical (unpaired) electrons. The third-order valence-electron chi connectivity index (χ3n) is 6.16. The first-order chi connectivity index (χ1) is 16.5. The number of carbonyl (C=O) groups is 1. The summed E-state index contributed by atoms with van der Waals surface area (Å²) in [6.45, 7) is 4.17. The number of nitrogens with zero attached hydrogens (tertiary/aromatic N) is 2. The van der Waals surface area contributed by atoms with Gasteiger partial charge in [-0.25, -0.2) is 8.42 Å². The van der Waals surface area contributed by atoms with Crippen molar-refractivity contribution in [3.05, 3.63) is 83.4 Å². The Hall–Kier alpha value is -3.52. The lowest BCUT2D eigenvalue weighted by molar-refractivity contribution is 0.0752. The molecule has 3 aromatic carbocycles. The molecule has 0 fully saturated rings. The first-order valence-electron chi connectivity index (χ1n) is 11.4. The van der Waals surface area contributed by atoms with Crippen molar-refractivity contribution in [2.24, 2.45) is 0 Å². The van der Waals surface area contributed by atoms with Crippen molar-refractivity contribution in [1.82, 2.24) is 4.90 Å². The zero-order valence-corrected chi connectivity index (χ0v) is 19.8. The minimum Gasteiger partial charge on any atom is -0.486 e. The molecule has 1 amide bonds. The number of rotatable bonds is 6. The van der Waals surface area contributed by atoms with Crippen molar-refractivity contribution >= 4 is 21.6 Å². The molecule has 5 rings (SSSR count). The summed E-state index contributed by atoms with van der Waals surface area (Å²) in [5.74, 6) is 1.15. The van der Waals surface area contributed by atoms with Gasteiger partial charge in [0.25, 0.3) is 15.9 Å². The van der Waals surface area contributed by atoms with E-state index in [0.29, 0.717) is 62.0 Å². The Balaban J connectivity index is 1.38. The van der Waals surface area contributed by atoms with Crippen LogP contribution in [-0.4, -0.2) is 45.5 Å². The van der Waals surface area contributed by atoms with Crippen LogP contribution < -0.4 is 13.8 Å². The predicted molar refractivity (Wildman–Crippen MR) is 129 cm³/mol. The van der Waals surface area contributed by atoms with Gasteiger partial charge < -0.3 is 14.4 Å². The minimum atomic E-state index is -3.78. The second-order valence-corrected chi connectivity index (χ2v) is 10.1. The van der Waals surface area contributed by atoms with Crippen molar-refractivity contribution in [2.75, 3.05) is 30.6 Å². The molecule has 0 spiro atoms. The summed E-state index contributed by atoms with van der Waals surface area (Å²) in [7, 11) is -3.78. The summed E-state index contributed by atoms with van der Waals surface area (Å²) < 4.78 is 39.5. The Kier molecular flexibility index (Phi) is 5.91. The van der Waals surface area contributed by atoms with Crippen molar-refractivity contribution < 1.29 is 22.7 Å². The Bertz CT molecular complexity index is 1340. The largest absolute Gasteiger partial charge is 0.486 e. The van der Waals surface area contributed by atoms with Crippen molar-refractivity contribution in [1.29, 1.82) is 0 Å². The molecule has 0 N–H and O–H groups in total. The summed E-state index contributed by atoms with van der Waals surface area (Å²) in [5, 5.41) is 0. The van der Waals surface area contributed by atoms with Crippen molar-refractivity contribution in [2.45, 2.75) is 24.8 Å². The number of hydrogen-bond donors (Lipinski definition) is 0. The Morgan fingerprint density at radius 3 is 2.59 bits per heavy atom. The molecule has 0 aromatic heterocycles. The van der Waals surface area contributed by atoms with Crippen LogP contribution in [0.5, 0.6) is 11.5 Å². The molecule has 0 bridgehead atoms. The van der Waals surface area contributed by atoms with Gasteiger partial charge in [0.2, 0.25) is 0 Å². The van der Waals surface area contributed by atoms with Gasteiger partial charge in [0.1, 0.15) is 13.2 Å². The molecule has 0 unspecified atom stereocenters. The third-order valence-corrected chi connectivity index (χ3v) is 7.97. The normalized spacial score (nSPS) is 14.6. The highest BCUT2D eigenvalue weighted by atomic mass is 32.2. The van der Waals surface area contributed by atoms with Crippen molar-refractivity contribution in [3.8, 4) is 11.5 Å². The molecule has 2 heterocycles. The van der Waals surface area contributed by atoms with E-state index in [2.05, 4.69) is 0 Å². The molecule has 2 aliphatic rings. The van der Waals surface area contributed by atoms with Gasteiger partial charge in [-0.2, -0.15) is 0 Å². The Labute approximate surface area is 199 Å². The van der Waals surface area contributed by atoms with Gasteiger partial charge in [0.05, 0.1) is 10.6 Å². The van der Waals surface area contributed by atoms with E-state index in [9.17, 15) is 13.2 Å². The second kappa shape index (κ2) is 9.02. The topological polar surface area (TPSA) is 76.1 Å². The summed E-state index contributed by atoms with van der Waals surface area (Å²) in [4.78, 5) is 15.1. The monoisotopic (exact) mass is 478 g/mol. The lowest BCUT2D eigenvalue weighted by Crippen LogP contribution is -2.31. The van der Waals surface area contributed by atoms with Gasteiger partial charge >= 0.3 is 0 Å². The number of fused-ring (bicyclic) bond motifs is 2. The average Bonchev–Trinajstić information content (AvgIpc) is 3.32. The van der Waals surface area contributed by atoms with Gasteiger partial charge in [-0.1, -0.05) is 30.3 Å². The van der Waals surface area contributed by atoms with E-state index in [4.69, 9.17) is 9.47 Å². The molecule has 176 valence electrons. The first-order valence-corrected chi connectivity index (χ1v) is 12.8. The molecule has 0 aliphatic carbocycles. The number of hydrogen-bond acceptors (Lipinski definition) is 5. The molecule has 8 heteroatoms. The standard InChI is InChI=1S/C26H26N2O5S/c1-2-27(18-19-10-11-24-25(16-19)33-15-14-32-24)26(29)21-7-5-8-22(17-21)34(30,31)28-13-12-20-6-3-4-9-23(20)28/h3-11,16-17H,2,12-15,18H2,1H3. The second-order valence-electron chi connectivity index (χ2n) is 8.28. The van der Waals surface area contributed by atoms with Crippen LogP contribution in [-0.2, 0) is 23.0 Å². The lowest BCUT2D eigenvalue weighted by Gasteiger charge is -2.24. The third kappa shape index (κ3) is 4.09. The van der Waals surface area contributed by atoms with Crippen molar-refractivity contribution in [3.63, 3.8) is 0 Å². The average molecular weight is 479 g/mol. The minimum absolute atomic E-state index is 0.116. The molecular weight excluding hydrogens is 452 g/mol. The van der Waals surface area contributed by atoms with Crippen LogP contribution in [0.15, 0.2) is 71.6 Å². The molecule has 0 saturated heterocycles. The van der Waals surface area contributed by atoms with E-state index in [1.807, 2.05) is 49.4 Å². The summed E-state index contributed by atoms with van der Waals surface area (Å²) in [6, 6.07) is 19.5. The molecule has 3 aromatic rings. The van der Waals surface area contributed by atoms with E-state index < -0.39 is 10.0 Å². The van der Waals surface area contributed by atoms with Gasteiger partial charge in [0, 0.05) is 25.2 Å². The number of carbonyl (C=O) groups excluding carboxylic acids is 1.